The fraction of sp³-hybridized carbons (Fsp3) is 0.214. The lowest BCUT2D eigenvalue weighted by atomic mass is 10.2. The third-order valence-electron chi connectivity index (χ3n) is 2.93. The van der Waals surface area contributed by atoms with Gasteiger partial charge in [-0.15, -0.1) is 0 Å². The van der Waals surface area contributed by atoms with Gasteiger partial charge in [-0.05, 0) is 38.1 Å². The molecule has 110 valence electrons. The third-order valence-corrected chi connectivity index (χ3v) is 2.93. The van der Waals surface area contributed by atoms with Crippen LogP contribution >= 0.6 is 0 Å². The molecule has 1 aromatic carbocycles. The summed E-state index contributed by atoms with van der Waals surface area (Å²) in [5.41, 5.74) is 6.48. The van der Waals surface area contributed by atoms with E-state index >= 15 is 0 Å². The molecule has 0 aliphatic rings. The molecule has 0 unspecified atom stereocenters. The third kappa shape index (κ3) is 3.44. The first-order chi connectivity index (χ1) is 9.86. The second kappa shape index (κ2) is 5.74. The molecule has 3 N–H and O–H groups in total. The number of amides is 1. The Balaban J connectivity index is 2.15. The Labute approximate surface area is 120 Å². The quantitative estimate of drug-likeness (QED) is 0.832. The molecule has 0 saturated heterocycles. The number of carbonyl (C=O) groups excluding carboxylic acids is 1. The van der Waals surface area contributed by atoms with Crippen LogP contribution in [0.5, 0.6) is 0 Å². The molecule has 2 aromatic rings. The molecule has 0 atom stereocenters. The summed E-state index contributed by atoms with van der Waals surface area (Å²) in [7, 11) is 0. The fourth-order valence-electron chi connectivity index (χ4n) is 1.93. The Kier molecular flexibility index (Phi) is 4.02. The van der Waals surface area contributed by atoms with Crippen LogP contribution in [0.1, 0.15) is 11.4 Å². The van der Waals surface area contributed by atoms with Crippen LogP contribution in [0.15, 0.2) is 29.1 Å². The highest BCUT2D eigenvalue weighted by Crippen LogP contribution is 2.16. The number of nitrogen functional groups attached to an aromatic ring is 1. The Morgan fingerprint density at radius 3 is 2.71 bits per heavy atom. The first-order valence-corrected chi connectivity index (χ1v) is 6.27. The molecule has 0 aliphatic heterocycles. The molecule has 1 amide bonds. The summed E-state index contributed by atoms with van der Waals surface area (Å²) in [5, 5.41) is 2.55. The van der Waals surface area contributed by atoms with Crippen molar-refractivity contribution in [3.05, 3.63) is 52.0 Å². The predicted molar refractivity (Wildman–Crippen MR) is 77.4 cm³/mol. The fourth-order valence-corrected chi connectivity index (χ4v) is 1.93. The van der Waals surface area contributed by atoms with Crippen molar-refractivity contribution in [1.29, 1.82) is 0 Å². The number of rotatable bonds is 3. The number of aromatic nitrogens is 2. The number of nitrogens with one attached hydrogen (secondary N) is 1. The van der Waals surface area contributed by atoms with E-state index in [1.54, 1.807) is 19.9 Å². The summed E-state index contributed by atoms with van der Waals surface area (Å²) in [6.45, 7) is 3.26. The number of nitrogens with zero attached hydrogens (tertiary/aromatic N) is 2. The summed E-state index contributed by atoms with van der Waals surface area (Å²) < 4.78 is 14.3. The zero-order valence-electron chi connectivity index (χ0n) is 11.7. The topological polar surface area (TPSA) is 90.0 Å². The van der Waals surface area contributed by atoms with Crippen LogP contribution in [-0.4, -0.2) is 15.5 Å². The van der Waals surface area contributed by atoms with E-state index in [9.17, 15) is 14.0 Å². The normalized spacial score (nSPS) is 10.4. The van der Waals surface area contributed by atoms with Crippen LogP contribution in [0, 0.1) is 19.7 Å². The molecule has 0 fully saturated rings. The van der Waals surface area contributed by atoms with Crippen molar-refractivity contribution in [3.8, 4) is 0 Å². The average Bonchev–Trinajstić information content (AvgIpc) is 2.38. The summed E-state index contributed by atoms with van der Waals surface area (Å²) in [4.78, 5) is 27.5. The maximum Gasteiger partial charge on any atom is 0.348 e. The molecule has 7 heteroatoms. The SMILES string of the molecule is Cc1cc(C)n(CC(=O)Nc2ccc(F)c(N)c2)c(=O)n1. The summed E-state index contributed by atoms with van der Waals surface area (Å²) in [5.74, 6) is -0.973. The van der Waals surface area contributed by atoms with Crippen LogP contribution in [0.25, 0.3) is 0 Å². The van der Waals surface area contributed by atoms with Gasteiger partial charge in [0.1, 0.15) is 12.4 Å². The van der Waals surface area contributed by atoms with Crippen LogP contribution < -0.4 is 16.7 Å². The molecule has 21 heavy (non-hydrogen) atoms. The van der Waals surface area contributed by atoms with Gasteiger partial charge in [0.2, 0.25) is 5.91 Å². The van der Waals surface area contributed by atoms with Gasteiger partial charge in [0.15, 0.2) is 0 Å². The van der Waals surface area contributed by atoms with Gasteiger partial charge in [0.05, 0.1) is 5.69 Å². The second-order valence-electron chi connectivity index (χ2n) is 4.69. The van der Waals surface area contributed by atoms with Gasteiger partial charge >= 0.3 is 5.69 Å². The monoisotopic (exact) mass is 290 g/mol. The van der Waals surface area contributed by atoms with Crippen LogP contribution in [-0.2, 0) is 11.3 Å². The summed E-state index contributed by atoms with van der Waals surface area (Å²) in [6, 6.07) is 5.59. The van der Waals surface area contributed by atoms with Crippen molar-refractivity contribution in [2.75, 3.05) is 11.1 Å². The van der Waals surface area contributed by atoms with Crippen LogP contribution in [0.4, 0.5) is 15.8 Å². The van der Waals surface area contributed by atoms with Crippen molar-refractivity contribution in [2.24, 2.45) is 0 Å². The predicted octanol–water partition coefficient (Wildman–Crippen LogP) is 1.22. The minimum atomic E-state index is -0.553. The van der Waals surface area contributed by atoms with Crippen LogP contribution in [0.3, 0.4) is 0 Å². The zero-order valence-corrected chi connectivity index (χ0v) is 11.7. The van der Waals surface area contributed by atoms with E-state index in [2.05, 4.69) is 10.3 Å². The van der Waals surface area contributed by atoms with Gasteiger partial charge in [-0.25, -0.2) is 9.18 Å². The Morgan fingerprint density at radius 1 is 1.38 bits per heavy atom. The van der Waals surface area contributed by atoms with Gasteiger partial charge < -0.3 is 11.1 Å². The molecule has 0 radical (unpaired) electrons. The maximum atomic E-state index is 13.0. The lowest BCUT2D eigenvalue weighted by Crippen LogP contribution is -2.31. The van der Waals surface area contributed by atoms with E-state index in [0.717, 1.165) is 6.07 Å². The second-order valence-corrected chi connectivity index (χ2v) is 4.69. The number of hydrogen-bond acceptors (Lipinski definition) is 4. The highest BCUT2D eigenvalue weighted by atomic mass is 19.1. The Morgan fingerprint density at radius 2 is 2.10 bits per heavy atom. The summed E-state index contributed by atoms with van der Waals surface area (Å²) in [6.07, 6.45) is 0. The number of carbonyl (C=O) groups is 1. The van der Waals surface area contributed by atoms with Gasteiger partial charge in [0.25, 0.3) is 0 Å². The maximum absolute atomic E-state index is 13.0. The molecule has 1 aromatic heterocycles. The van der Waals surface area contributed by atoms with Crippen molar-refractivity contribution < 1.29 is 9.18 Å². The number of halogens is 1. The van der Waals surface area contributed by atoms with Crippen molar-refractivity contribution in [2.45, 2.75) is 20.4 Å². The lowest BCUT2D eigenvalue weighted by Gasteiger charge is -2.10. The molecule has 6 nitrogen and oxygen atoms in total. The number of anilines is 2. The first-order valence-electron chi connectivity index (χ1n) is 6.27. The van der Waals surface area contributed by atoms with Crippen LogP contribution in [0.2, 0.25) is 0 Å². The van der Waals surface area contributed by atoms with E-state index in [-0.39, 0.29) is 12.2 Å². The lowest BCUT2D eigenvalue weighted by molar-refractivity contribution is -0.116. The number of hydrogen-bond donors (Lipinski definition) is 2. The van der Waals surface area contributed by atoms with E-state index in [1.807, 2.05) is 0 Å². The highest BCUT2D eigenvalue weighted by molar-refractivity contribution is 5.91. The summed E-state index contributed by atoms with van der Waals surface area (Å²) >= 11 is 0. The van der Waals surface area contributed by atoms with Gasteiger partial charge in [-0.1, -0.05) is 0 Å². The Bertz CT molecular complexity index is 755. The molecule has 1 heterocycles. The number of aryl methyl sites for hydroxylation is 2. The minimum Gasteiger partial charge on any atom is -0.396 e. The molecule has 0 spiro atoms. The number of benzene rings is 1. The van der Waals surface area contributed by atoms with Crippen molar-refractivity contribution in [1.82, 2.24) is 9.55 Å². The van der Waals surface area contributed by atoms with E-state index in [4.69, 9.17) is 5.73 Å². The van der Waals surface area contributed by atoms with E-state index < -0.39 is 17.4 Å². The minimum absolute atomic E-state index is 0.0573. The molecule has 0 bridgehead atoms. The van der Waals surface area contributed by atoms with E-state index in [0.29, 0.717) is 17.1 Å². The van der Waals surface area contributed by atoms with Gasteiger partial charge in [-0.3, -0.25) is 9.36 Å². The molecular formula is C14H15FN4O2. The average molecular weight is 290 g/mol. The van der Waals surface area contributed by atoms with E-state index in [1.165, 1.54) is 16.7 Å². The Hall–Kier alpha value is -2.70. The largest absolute Gasteiger partial charge is 0.396 e. The molecule has 0 saturated carbocycles. The molecular weight excluding hydrogens is 275 g/mol. The standard InChI is InChI=1S/C14H15FN4O2/c1-8-5-9(2)19(14(21)17-8)7-13(20)18-10-3-4-11(15)12(16)6-10/h3-6H,7,16H2,1-2H3,(H,18,20). The molecule has 0 aliphatic carbocycles. The smallest absolute Gasteiger partial charge is 0.348 e. The first kappa shape index (κ1) is 14.7. The van der Waals surface area contributed by atoms with Crippen molar-refractivity contribution in [3.63, 3.8) is 0 Å². The van der Waals surface area contributed by atoms with Gasteiger partial charge in [0, 0.05) is 17.1 Å². The van der Waals surface area contributed by atoms with Gasteiger partial charge in [-0.2, -0.15) is 4.98 Å². The highest BCUT2D eigenvalue weighted by Gasteiger charge is 2.09. The molecule has 2 rings (SSSR count). The number of nitrogens with two attached hydrogens (primary N) is 1. The van der Waals surface area contributed by atoms with Crippen molar-refractivity contribution >= 4 is 17.3 Å². The zero-order chi connectivity index (χ0) is 15.6.